The van der Waals surface area contributed by atoms with Crippen LogP contribution in [0.5, 0.6) is 5.75 Å². The first-order valence-electron chi connectivity index (χ1n) is 4.60. The van der Waals surface area contributed by atoms with E-state index in [1.165, 1.54) is 12.1 Å². The zero-order valence-corrected chi connectivity index (χ0v) is 9.63. The molecule has 1 aromatic rings. The molecule has 3 nitrogen and oxygen atoms in total. The molecule has 16 heavy (non-hydrogen) atoms. The predicted octanol–water partition coefficient (Wildman–Crippen LogP) is 2.21. The summed E-state index contributed by atoms with van der Waals surface area (Å²) < 4.78 is 30.9. The molecular weight excluding hydrogens is 284 g/mol. The Morgan fingerprint density at radius 2 is 2.25 bits per heavy atom. The van der Waals surface area contributed by atoms with E-state index in [2.05, 4.69) is 21.2 Å². The van der Waals surface area contributed by atoms with Crippen LogP contribution in [-0.4, -0.2) is 25.0 Å². The lowest BCUT2D eigenvalue weighted by molar-refractivity contribution is 0.0153. The van der Waals surface area contributed by atoms with Gasteiger partial charge in [0.25, 0.3) is 12.3 Å². The molecule has 0 saturated carbocycles. The lowest BCUT2D eigenvalue weighted by atomic mass is 10.2. The summed E-state index contributed by atoms with van der Waals surface area (Å²) >= 11 is 3.19. The van der Waals surface area contributed by atoms with Gasteiger partial charge in [0.1, 0.15) is 5.75 Å². The van der Waals surface area contributed by atoms with Crippen molar-refractivity contribution < 1.29 is 18.3 Å². The van der Waals surface area contributed by atoms with Crippen LogP contribution in [0, 0.1) is 0 Å². The van der Waals surface area contributed by atoms with Crippen LogP contribution in [0.2, 0.25) is 0 Å². The molecule has 0 saturated heterocycles. The highest BCUT2D eigenvalue weighted by molar-refractivity contribution is 9.10. The van der Waals surface area contributed by atoms with E-state index in [1.54, 1.807) is 6.07 Å². The first-order chi connectivity index (χ1) is 7.58. The fraction of sp³-hybridized carbons (Fsp3) is 0.300. The molecule has 1 atom stereocenters. The fourth-order valence-electron chi connectivity index (χ4n) is 1.42. The van der Waals surface area contributed by atoms with E-state index in [4.69, 9.17) is 4.74 Å². The maximum atomic E-state index is 12.5. The zero-order chi connectivity index (χ0) is 11.7. The van der Waals surface area contributed by atoms with Crippen molar-refractivity contribution in [2.75, 3.05) is 6.54 Å². The van der Waals surface area contributed by atoms with Crippen molar-refractivity contribution in [2.45, 2.75) is 12.5 Å². The predicted molar refractivity (Wildman–Crippen MR) is 56.9 cm³/mol. The zero-order valence-electron chi connectivity index (χ0n) is 8.04. The molecule has 1 N–H and O–H groups in total. The number of nitrogens with one attached hydrogen (secondary N) is 1. The number of rotatable bonds is 1. The summed E-state index contributed by atoms with van der Waals surface area (Å²) in [7, 11) is 0. The largest absolute Gasteiger partial charge is 0.482 e. The highest BCUT2D eigenvalue weighted by Crippen LogP contribution is 2.27. The molecule has 1 aliphatic rings. The Bertz CT molecular complexity index is 425. The minimum Gasteiger partial charge on any atom is -0.482 e. The van der Waals surface area contributed by atoms with Crippen LogP contribution in [0.25, 0.3) is 0 Å². The average molecular weight is 292 g/mol. The van der Waals surface area contributed by atoms with Gasteiger partial charge in [-0.05, 0) is 18.2 Å². The number of alkyl halides is 2. The molecule has 0 fully saturated rings. The van der Waals surface area contributed by atoms with E-state index in [1.807, 2.05) is 0 Å². The molecule has 0 aromatic heterocycles. The van der Waals surface area contributed by atoms with E-state index < -0.39 is 18.4 Å². The van der Waals surface area contributed by atoms with Crippen LogP contribution in [0.1, 0.15) is 10.4 Å². The lowest BCUT2D eigenvalue weighted by Gasteiger charge is -2.15. The summed E-state index contributed by atoms with van der Waals surface area (Å²) in [4.78, 5) is 11.5. The number of hydrogen-bond acceptors (Lipinski definition) is 2. The second-order valence-corrected chi connectivity index (χ2v) is 4.26. The standard InChI is InChI=1S/C10H8BrF2NO2/c11-5-1-2-6-7(3-5)16-8(9(12)13)4-14-10(6)15/h1-3,8-9H,4H2,(H,14,15). The molecule has 1 aliphatic heterocycles. The SMILES string of the molecule is O=C1NCC(C(F)F)Oc2cc(Br)ccc21. The van der Waals surface area contributed by atoms with Crippen LogP contribution in [0.15, 0.2) is 22.7 Å². The van der Waals surface area contributed by atoms with Gasteiger partial charge in [0.05, 0.1) is 12.1 Å². The number of carbonyl (C=O) groups excluding carboxylic acids is 1. The van der Waals surface area contributed by atoms with Gasteiger partial charge in [0.15, 0.2) is 6.10 Å². The van der Waals surface area contributed by atoms with E-state index in [-0.39, 0.29) is 17.9 Å². The van der Waals surface area contributed by atoms with Crippen molar-refractivity contribution in [3.8, 4) is 5.75 Å². The fourth-order valence-corrected chi connectivity index (χ4v) is 1.76. The van der Waals surface area contributed by atoms with Crippen LogP contribution < -0.4 is 10.1 Å². The highest BCUT2D eigenvalue weighted by Gasteiger charge is 2.28. The number of ether oxygens (including phenoxy) is 1. The molecule has 6 heteroatoms. The normalized spacial score (nSPS) is 19.8. The van der Waals surface area contributed by atoms with E-state index >= 15 is 0 Å². The summed E-state index contributed by atoms with van der Waals surface area (Å²) in [5, 5.41) is 2.39. The first-order valence-corrected chi connectivity index (χ1v) is 5.40. The Kier molecular flexibility index (Phi) is 3.09. The molecule has 1 aromatic carbocycles. The Hall–Kier alpha value is -1.17. The van der Waals surface area contributed by atoms with Gasteiger partial charge in [-0.1, -0.05) is 15.9 Å². The third-order valence-electron chi connectivity index (χ3n) is 2.21. The van der Waals surface area contributed by atoms with Crippen molar-refractivity contribution in [1.82, 2.24) is 5.32 Å². The van der Waals surface area contributed by atoms with Crippen molar-refractivity contribution >= 4 is 21.8 Å². The molecular formula is C10H8BrF2NO2. The monoisotopic (exact) mass is 291 g/mol. The van der Waals surface area contributed by atoms with Crippen molar-refractivity contribution in [3.05, 3.63) is 28.2 Å². The van der Waals surface area contributed by atoms with E-state index in [0.717, 1.165) is 0 Å². The van der Waals surface area contributed by atoms with Gasteiger partial charge in [0, 0.05) is 4.47 Å². The summed E-state index contributed by atoms with van der Waals surface area (Å²) in [5.74, 6) is -0.222. The van der Waals surface area contributed by atoms with Crippen molar-refractivity contribution in [1.29, 1.82) is 0 Å². The van der Waals surface area contributed by atoms with E-state index in [0.29, 0.717) is 4.47 Å². The maximum Gasteiger partial charge on any atom is 0.276 e. The number of hydrogen-bond donors (Lipinski definition) is 1. The van der Waals surface area contributed by atoms with Crippen LogP contribution in [0.4, 0.5) is 8.78 Å². The van der Waals surface area contributed by atoms with Gasteiger partial charge >= 0.3 is 0 Å². The third-order valence-corrected chi connectivity index (χ3v) is 2.70. The van der Waals surface area contributed by atoms with Gasteiger partial charge in [-0.25, -0.2) is 8.78 Å². The Labute approximate surface area is 98.9 Å². The molecule has 2 rings (SSSR count). The number of fused-ring (bicyclic) bond motifs is 1. The summed E-state index contributed by atoms with van der Waals surface area (Å²) in [5.41, 5.74) is 0.270. The summed E-state index contributed by atoms with van der Waals surface area (Å²) in [6, 6.07) is 4.70. The molecule has 1 amide bonds. The molecule has 0 radical (unpaired) electrons. The van der Waals surface area contributed by atoms with Gasteiger partial charge in [0.2, 0.25) is 0 Å². The average Bonchev–Trinajstić information content (AvgIpc) is 2.38. The van der Waals surface area contributed by atoms with Gasteiger partial charge in [-0.2, -0.15) is 0 Å². The molecule has 0 aliphatic carbocycles. The summed E-state index contributed by atoms with van der Waals surface area (Å²) in [6.07, 6.45) is -3.94. The molecule has 1 heterocycles. The third kappa shape index (κ3) is 2.16. The molecule has 1 unspecified atom stereocenters. The minimum atomic E-state index is -2.63. The highest BCUT2D eigenvalue weighted by atomic mass is 79.9. The number of amides is 1. The van der Waals surface area contributed by atoms with Crippen molar-refractivity contribution in [3.63, 3.8) is 0 Å². The Balaban J connectivity index is 2.38. The van der Waals surface area contributed by atoms with Crippen molar-refractivity contribution in [2.24, 2.45) is 0 Å². The van der Waals surface area contributed by atoms with Gasteiger partial charge < -0.3 is 10.1 Å². The molecule has 0 bridgehead atoms. The second kappa shape index (κ2) is 4.37. The molecule has 86 valence electrons. The van der Waals surface area contributed by atoms with Crippen LogP contribution in [-0.2, 0) is 0 Å². The minimum absolute atomic E-state index is 0.176. The smallest absolute Gasteiger partial charge is 0.276 e. The lowest BCUT2D eigenvalue weighted by Crippen LogP contribution is -2.36. The quantitative estimate of drug-likeness (QED) is 0.861. The summed E-state index contributed by atoms with van der Waals surface area (Å²) in [6.45, 7) is -0.192. The maximum absolute atomic E-state index is 12.5. The first kappa shape index (κ1) is 11.3. The number of benzene rings is 1. The second-order valence-electron chi connectivity index (χ2n) is 3.34. The number of carbonyl (C=O) groups is 1. The van der Waals surface area contributed by atoms with Gasteiger partial charge in [-0.15, -0.1) is 0 Å². The Morgan fingerprint density at radius 1 is 1.50 bits per heavy atom. The van der Waals surface area contributed by atoms with Gasteiger partial charge in [-0.3, -0.25) is 4.79 Å². The molecule has 0 spiro atoms. The number of halogens is 3. The topological polar surface area (TPSA) is 38.3 Å². The Morgan fingerprint density at radius 3 is 2.94 bits per heavy atom. The van der Waals surface area contributed by atoms with E-state index in [9.17, 15) is 13.6 Å². The van der Waals surface area contributed by atoms with Crippen LogP contribution >= 0.6 is 15.9 Å². The van der Waals surface area contributed by atoms with Crippen LogP contribution in [0.3, 0.4) is 0 Å².